The fourth-order valence-electron chi connectivity index (χ4n) is 3.60. The van der Waals surface area contributed by atoms with Gasteiger partial charge in [0.1, 0.15) is 5.52 Å². The van der Waals surface area contributed by atoms with E-state index in [2.05, 4.69) is 9.97 Å². The van der Waals surface area contributed by atoms with E-state index < -0.39 is 15.9 Å². The van der Waals surface area contributed by atoms with E-state index in [1.54, 1.807) is 23.4 Å². The van der Waals surface area contributed by atoms with Gasteiger partial charge in [-0.05, 0) is 36.6 Å². The van der Waals surface area contributed by atoms with Crippen molar-refractivity contribution in [2.75, 3.05) is 24.2 Å². The molecule has 0 N–H and O–H groups in total. The molecule has 0 radical (unpaired) electrons. The van der Waals surface area contributed by atoms with Crippen LogP contribution in [0.4, 0.5) is 5.13 Å². The monoisotopic (exact) mass is 464 g/mol. The molecule has 1 unspecified atom stereocenters. The second-order valence-corrected chi connectivity index (χ2v) is 10.7. The quantitative estimate of drug-likeness (QED) is 0.576. The standard InChI is InChI=1S/C20H21ClN4O3S2/c1-30(27,28)24-10-4-6-15(13-24)19(26)25(12-14-5-3-9-22-11-14)20-23-18-16(21)7-2-8-17(18)29-20/h2-3,5,7-9,11,15H,4,6,10,12-13H2,1H3. The molecule has 1 aliphatic rings. The van der Waals surface area contributed by atoms with Crippen molar-refractivity contribution in [3.63, 3.8) is 0 Å². The molecule has 0 saturated carbocycles. The third kappa shape index (κ3) is 4.49. The lowest BCUT2D eigenvalue weighted by molar-refractivity contribution is -0.123. The van der Waals surface area contributed by atoms with Crippen LogP contribution in [0.3, 0.4) is 0 Å². The molecule has 1 saturated heterocycles. The Balaban J connectivity index is 1.69. The zero-order chi connectivity index (χ0) is 21.3. The van der Waals surface area contributed by atoms with Gasteiger partial charge in [-0.1, -0.05) is 35.1 Å². The highest BCUT2D eigenvalue weighted by Crippen LogP contribution is 2.35. The average molecular weight is 465 g/mol. The first kappa shape index (κ1) is 21.2. The fourth-order valence-corrected chi connectivity index (χ4v) is 5.78. The summed E-state index contributed by atoms with van der Waals surface area (Å²) in [5.74, 6) is -0.560. The number of benzene rings is 1. The largest absolute Gasteiger partial charge is 0.283 e. The van der Waals surface area contributed by atoms with Crippen LogP contribution in [0.25, 0.3) is 10.2 Å². The number of hydrogen-bond acceptors (Lipinski definition) is 6. The second kappa shape index (κ2) is 8.58. The van der Waals surface area contributed by atoms with E-state index in [9.17, 15) is 13.2 Å². The van der Waals surface area contributed by atoms with Gasteiger partial charge in [0.2, 0.25) is 15.9 Å². The Hall–Kier alpha value is -2.07. The number of thiazole rings is 1. The van der Waals surface area contributed by atoms with Crippen LogP contribution < -0.4 is 4.90 Å². The van der Waals surface area contributed by atoms with E-state index in [0.717, 1.165) is 10.3 Å². The third-order valence-electron chi connectivity index (χ3n) is 5.12. The number of pyridine rings is 1. The number of anilines is 1. The molecular formula is C20H21ClN4O3S2. The molecule has 1 fully saturated rings. The van der Waals surface area contributed by atoms with Crippen molar-refractivity contribution in [3.05, 3.63) is 53.3 Å². The summed E-state index contributed by atoms with van der Waals surface area (Å²) >= 11 is 7.68. The van der Waals surface area contributed by atoms with Crippen LogP contribution in [0.1, 0.15) is 18.4 Å². The topological polar surface area (TPSA) is 83.5 Å². The molecule has 1 amide bonds. The Morgan fingerprint density at radius 1 is 1.33 bits per heavy atom. The normalized spacial score (nSPS) is 17.9. The highest BCUT2D eigenvalue weighted by atomic mass is 35.5. The van der Waals surface area contributed by atoms with E-state index in [0.29, 0.717) is 41.6 Å². The van der Waals surface area contributed by atoms with Crippen LogP contribution in [0.15, 0.2) is 42.7 Å². The van der Waals surface area contributed by atoms with Gasteiger partial charge in [-0.2, -0.15) is 0 Å². The van der Waals surface area contributed by atoms with Gasteiger partial charge >= 0.3 is 0 Å². The minimum Gasteiger partial charge on any atom is -0.283 e. The number of aromatic nitrogens is 2. The van der Waals surface area contributed by atoms with Gasteiger partial charge in [0.25, 0.3) is 0 Å². The molecule has 7 nitrogen and oxygen atoms in total. The molecular weight excluding hydrogens is 444 g/mol. The minimum atomic E-state index is -3.35. The molecule has 0 aliphatic carbocycles. The number of fused-ring (bicyclic) bond motifs is 1. The molecule has 3 heterocycles. The number of hydrogen-bond donors (Lipinski definition) is 0. The molecule has 0 spiro atoms. The lowest BCUT2D eigenvalue weighted by Crippen LogP contribution is -2.46. The number of carbonyl (C=O) groups excluding carboxylic acids is 1. The Labute approximate surface area is 184 Å². The third-order valence-corrected chi connectivity index (χ3v) is 7.74. The molecule has 10 heteroatoms. The van der Waals surface area contributed by atoms with E-state index >= 15 is 0 Å². The van der Waals surface area contributed by atoms with E-state index in [-0.39, 0.29) is 12.5 Å². The summed E-state index contributed by atoms with van der Waals surface area (Å²) < 4.78 is 26.3. The van der Waals surface area contributed by atoms with Gasteiger partial charge in [-0.15, -0.1) is 0 Å². The predicted molar refractivity (Wildman–Crippen MR) is 119 cm³/mol. The van der Waals surface area contributed by atoms with Crippen molar-refractivity contribution in [1.29, 1.82) is 0 Å². The van der Waals surface area contributed by atoms with Gasteiger partial charge in [-0.3, -0.25) is 14.7 Å². The first-order valence-electron chi connectivity index (χ1n) is 9.53. The van der Waals surface area contributed by atoms with Crippen molar-refractivity contribution in [2.24, 2.45) is 5.92 Å². The molecule has 4 rings (SSSR count). The number of halogens is 1. The molecule has 3 aromatic rings. The van der Waals surface area contributed by atoms with Crippen LogP contribution in [-0.2, 0) is 21.4 Å². The summed E-state index contributed by atoms with van der Waals surface area (Å²) in [7, 11) is -3.35. The molecule has 30 heavy (non-hydrogen) atoms. The van der Waals surface area contributed by atoms with Gasteiger partial charge < -0.3 is 0 Å². The fraction of sp³-hybridized carbons (Fsp3) is 0.350. The summed E-state index contributed by atoms with van der Waals surface area (Å²) in [5, 5.41) is 1.08. The minimum absolute atomic E-state index is 0.137. The Morgan fingerprint density at radius 2 is 2.17 bits per heavy atom. The molecule has 158 valence electrons. The Bertz CT molecular complexity index is 1170. The number of nitrogens with zero attached hydrogens (tertiary/aromatic N) is 4. The van der Waals surface area contributed by atoms with Crippen molar-refractivity contribution in [3.8, 4) is 0 Å². The van der Waals surface area contributed by atoms with Crippen molar-refractivity contribution >= 4 is 54.2 Å². The number of rotatable bonds is 5. The SMILES string of the molecule is CS(=O)(=O)N1CCCC(C(=O)N(Cc2cccnc2)c2nc3c(Cl)cccc3s2)C1. The smallest absolute Gasteiger partial charge is 0.233 e. The highest BCUT2D eigenvalue weighted by molar-refractivity contribution is 7.88. The maximum atomic E-state index is 13.6. The van der Waals surface area contributed by atoms with Crippen molar-refractivity contribution in [1.82, 2.24) is 14.3 Å². The highest BCUT2D eigenvalue weighted by Gasteiger charge is 2.34. The van der Waals surface area contributed by atoms with Gasteiger partial charge in [0.15, 0.2) is 5.13 Å². The summed E-state index contributed by atoms with van der Waals surface area (Å²) in [4.78, 5) is 24.0. The van der Waals surface area contributed by atoms with Crippen molar-refractivity contribution in [2.45, 2.75) is 19.4 Å². The summed E-state index contributed by atoms with van der Waals surface area (Å²) in [6.45, 7) is 0.939. The zero-order valence-corrected chi connectivity index (χ0v) is 18.8. The number of piperidine rings is 1. The van der Waals surface area contributed by atoms with Crippen LogP contribution >= 0.6 is 22.9 Å². The maximum Gasteiger partial charge on any atom is 0.233 e. The second-order valence-electron chi connectivity index (χ2n) is 7.33. The van der Waals surface area contributed by atoms with E-state index in [1.807, 2.05) is 24.3 Å². The Morgan fingerprint density at radius 3 is 2.87 bits per heavy atom. The zero-order valence-electron chi connectivity index (χ0n) is 16.4. The van der Waals surface area contributed by atoms with Gasteiger partial charge in [-0.25, -0.2) is 17.7 Å². The lowest BCUT2D eigenvalue weighted by atomic mass is 9.98. The van der Waals surface area contributed by atoms with Crippen molar-refractivity contribution < 1.29 is 13.2 Å². The maximum absolute atomic E-state index is 13.6. The number of sulfonamides is 1. The van der Waals surface area contributed by atoms with E-state index in [1.165, 1.54) is 21.9 Å². The molecule has 1 atom stereocenters. The predicted octanol–water partition coefficient (Wildman–Crippen LogP) is 3.55. The van der Waals surface area contributed by atoms with Crippen LogP contribution in [0.5, 0.6) is 0 Å². The van der Waals surface area contributed by atoms with Gasteiger partial charge in [0, 0.05) is 25.5 Å². The number of amides is 1. The number of para-hydroxylation sites is 1. The summed E-state index contributed by atoms with van der Waals surface area (Å²) in [6, 6.07) is 9.26. The molecule has 2 aromatic heterocycles. The van der Waals surface area contributed by atoms with E-state index in [4.69, 9.17) is 11.6 Å². The summed E-state index contributed by atoms with van der Waals surface area (Å²) in [5.41, 5.74) is 1.52. The average Bonchev–Trinajstić information content (AvgIpc) is 3.17. The lowest BCUT2D eigenvalue weighted by Gasteiger charge is -2.33. The number of carbonyl (C=O) groups is 1. The van der Waals surface area contributed by atoms with Crippen LogP contribution in [0, 0.1) is 5.92 Å². The van der Waals surface area contributed by atoms with Crippen LogP contribution in [-0.4, -0.2) is 47.9 Å². The molecule has 0 bridgehead atoms. The molecule has 1 aromatic carbocycles. The summed E-state index contributed by atoms with van der Waals surface area (Å²) in [6.07, 6.45) is 5.86. The Kier molecular flexibility index (Phi) is 6.06. The first-order chi connectivity index (χ1) is 14.3. The van der Waals surface area contributed by atoms with Gasteiger partial charge in [0.05, 0.1) is 28.4 Å². The molecule has 1 aliphatic heterocycles. The first-order valence-corrected chi connectivity index (χ1v) is 12.6. The van der Waals surface area contributed by atoms with Crippen LogP contribution in [0.2, 0.25) is 5.02 Å².